The monoisotopic (exact) mass is 382 g/mol. The van der Waals surface area contributed by atoms with Gasteiger partial charge in [-0.2, -0.15) is 13.2 Å². The van der Waals surface area contributed by atoms with Gasteiger partial charge >= 0.3 is 6.18 Å². The van der Waals surface area contributed by atoms with Gasteiger partial charge in [0.2, 0.25) is 0 Å². The third kappa shape index (κ3) is 2.55. The lowest BCUT2D eigenvalue weighted by molar-refractivity contribution is -0.138. The number of hydrogen-bond acceptors (Lipinski definition) is 2. The fourth-order valence-electron chi connectivity index (χ4n) is 4.34. The summed E-state index contributed by atoms with van der Waals surface area (Å²) in [5.41, 5.74) is 4.18. The van der Waals surface area contributed by atoms with Gasteiger partial charge in [-0.25, -0.2) is 0 Å². The first-order valence-corrected chi connectivity index (χ1v) is 9.25. The van der Waals surface area contributed by atoms with E-state index in [0.717, 1.165) is 65.2 Å². The molecule has 4 aromatic rings. The average Bonchev–Trinajstić information content (AvgIpc) is 3.15. The molecular formula is C22H17F3N2O. The fraction of sp³-hybridized carbons (Fsp3) is 0.227. The molecule has 2 N–H and O–H groups in total. The molecule has 142 valence electrons. The van der Waals surface area contributed by atoms with Crippen LogP contribution < -0.4 is 0 Å². The Hall–Kier alpha value is -3.02. The summed E-state index contributed by atoms with van der Waals surface area (Å²) in [5, 5.41) is 11.9. The molecule has 2 aromatic carbocycles. The van der Waals surface area contributed by atoms with Crippen molar-refractivity contribution in [2.75, 3.05) is 0 Å². The minimum absolute atomic E-state index is 0.436. The van der Waals surface area contributed by atoms with Crippen LogP contribution in [-0.2, 0) is 19.0 Å². The summed E-state index contributed by atoms with van der Waals surface area (Å²) >= 11 is 0. The lowest BCUT2D eigenvalue weighted by Crippen LogP contribution is -2.09. The van der Waals surface area contributed by atoms with E-state index < -0.39 is 17.5 Å². The number of aromatic nitrogens is 2. The zero-order chi connectivity index (χ0) is 19.5. The molecule has 0 atom stereocenters. The fourth-order valence-corrected chi connectivity index (χ4v) is 4.34. The smallest absolute Gasteiger partial charge is 0.419 e. The number of nitrogens with one attached hydrogen (secondary N) is 1. The van der Waals surface area contributed by atoms with Crippen LogP contribution in [0.4, 0.5) is 13.2 Å². The Morgan fingerprint density at radius 1 is 0.964 bits per heavy atom. The first kappa shape index (κ1) is 17.1. The van der Waals surface area contributed by atoms with Crippen molar-refractivity contribution >= 4 is 21.8 Å². The van der Waals surface area contributed by atoms with Gasteiger partial charge in [0.1, 0.15) is 5.75 Å². The van der Waals surface area contributed by atoms with Crippen molar-refractivity contribution in [2.24, 2.45) is 0 Å². The highest BCUT2D eigenvalue weighted by molar-refractivity contribution is 6.08. The van der Waals surface area contributed by atoms with Gasteiger partial charge in [-0.1, -0.05) is 0 Å². The molecule has 1 aliphatic rings. The first-order chi connectivity index (χ1) is 13.4. The van der Waals surface area contributed by atoms with Crippen LogP contribution in [0, 0.1) is 0 Å². The van der Waals surface area contributed by atoms with Crippen molar-refractivity contribution < 1.29 is 18.3 Å². The molecule has 0 bridgehead atoms. The number of alkyl halides is 3. The lowest BCUT2D eigenvalue weighted by atomic mass is 9.85. The maximum absolute atomic E-state index is 13.3. The van der Waals surface area contributed by atoms with Crippen LogP contribution in [0.2, 0.25) is 0 Å². The van der Waals surface area contributed by atoms with Gasteiger partial charge in [0, 0.05) is 28.2 Å². The second-order valence-corrected chi connectivity index (χ2v) is 7.26. The Bertz CT molecular complexity index is 1220. The van der Waals surface area contributed by atoms with E-state index in [4.69, 9.17) is 0 Å². The van der Waals surface area contributed by atoms with Crippen molar-refractivity contribution in [3.8, 4) is 17.0 Å². The summed E-state index contributed by atoms with van der Waals surface area (Å²) in [4.78, 5) is 7.75. The summed E-state index contributed by atoms with van der Waals surface area (Å²) in [6, 6.07) is 9.54. The van der Waals surface area contributed by atoms with Crippen molar-refractivity contribution in [1.29, 1.82) is 0 Å². The number of rotatable bonds is 1. The first-order valence-electron chi connectivity index (χ1n) is 9.25. The van der Waals surface area contributed by atoms with Gasteiger partial charge in [-0.3, -0.25) is 4.98 Å². The number of aromatic hydroxyl groups is 1. The topological polar surface area (TPSA) is 48.9 Å². The number of aryl methyl sites for hydroxylation is 1. The van der Waals surface area contributed by atoms with E-state index in [1.165, 1.54) is 5.56 Å². The van der Waals surface area contributed by atoms with Gasteiger partial charge in [0.15, 0.2) is 0 Å². The Morgan fingerprint density at radius 2 is 1.75 bits per heavy atom. The van der Waals surface area contributed by atoms with Gasteiger partial charge in [-0.05, 0) is 78.8 Å². The molecule has 0 radical (unpaired) electrons. The number of pyridine rings is 1. The number of phenolic OH excluding ortho intramolecular Hbond substituents is 1. The van der Waals surface area contributed by atoms with Crippen molar-refractivity contribution in [3.63, 3.8) is 0 Å². The van der Waals surface area contributed by atoms with E-state index in [-0.39, 0.29) is 0 Å². The van der Waals surface area contributed by atoms with E-state index in [1.54, 1.807) is 12.3 Å². The number of fused-ring (bicyclic) bond motifs is 5. The Labute approximate surface area is 158 Å². The summed E-state index contributed by atoms with van der Waals surface area (Å²) in [6.07, 6.45) is 0.928. The lowest BCUT2D eigenvalue weighted by Gasteiger charge is -2.23. The third-order valence-corrected chi connectivity index (χ3v) is 5.60. The molecule has 0 saturated carbocycles. The Kier molecular flexibility index (Phi) is 3.66. The molecule has 0 amide bonds. The minimum Gasteiger partial charge on any atom is -0.507 e. The number of phenols is 1. The van der Waals surface area contributed by atoms with Crippen LogP contribution in [0.15, 0.2) is 42.6 Å². The number of H-pyrrole nitrogens is 1. The molecule has 0 fully saturated rings. The number of nitrogens with zero attached hydrogens (tertiary/aromatic N) is 1. The maximum Gasteiger partial charge on any atom is 0.419 e. The highest BCUT2D eigenvalue weighted by atomic mass is 19.4. The zero-order valence-electron chi connectivity index (χ0n) is 14.9. The summed E-state index contributed by atoms with van der Waals surface area (Å²) < 4.78 is 39.9. The molecule has 1 aliphatic carbocycles. The van der Waals surface area contributed by atoms with Gasteiger partial charge < -0.3 is 10.1 Å². The molecule has 0 unspecified atom stereocenters. The largest absolute Gasteiger partial charge is 0.507 e. The average molecular weight is 382 g/mol. The van der Waals surface area contributed by atoms with Gasteiger partial charge in [-0.15, -0.1) is 0 Å². The van der Waals surface area contributed by atoms with Crippen LogP contribution in [0.3, 0.4) is 0 Å². The van der Waals surface area contributed by atoms with Crippen molar-refractivity contribution in [3.05, 3.63) is 59.3 Å². The van der Waals surface area contributed by atoms with Crippen LogP contribution in [-0.4, -0.2) is 15.1 Å². The summed E-state index contributed by atoms with van der Waals surface area (Å²) in [7, 11) is 0. The second kappa shape index (κ2) is 5.99. The standard InChI is InChI=1S/C22H17F3N2O/c23-22(24,25)16-11-12(5-8-19(16)28)21-14-4-2-1-3-13(14)20-15-9-10-26-17(15)6-7-18(20)27-21/h5-11,27-28H,1-4H2. The predicted molar refractivity (Wildman–Crippen MR) is 102 cm³/mol. The molecule has 2 aromatic heterocycles. The number of benzene rings is 2. The molecule has 0 aliphatic heterocycles. The predicted octanol–water partition coefficient (Wildman–Crippen LogP) is 5.99. The van der Waals surface area contributed by atoms with Crippen LogP contribution in [0.1, 0.15) is 29.5 Å². The second-order valence-electron chi connectivity index (χ2n) is 7.26. The summed E-state index contributed by atoms with van der Waals surface area (Å²) in [5.74, 6) is -0.754. The Balaban J connectivity index is 1.83. The van der Waals surface area contributed by atoms with E-state index in [0.29, 0.717) is 11.3 Å². The summed E-state index contributed by atoms with van der Waals surface area (Å²) in [6.45, 7) is 0. The van der Waals surface area contributed by atoms with Gasteiger partial charge in [0.05, 0.1) is 11.1 Å². The third-order valence-electron chi connectivity index (χ3n) is 5.60. The van der Waals surface area contributed by atoms with E-state index in [2.05, 4.69) is 9.97 Å². The molecule has 2 heterocycles. The van der Waals surface area contributed by atoms with Crippen molar-refractivity contribution in [2.45, 2.75) is 31.9 Å². The highest BCUT2D eigenvalue weighted by Gasteiger charge is 2.34. The molecule has 6 heteroatoms. The molecule has 0 saturated heterocycles. The minimum atomic E-state index is -4.61. The van der Waals surface area contributed by atoms with Gasteiger partial charge in [0.25, 0.3) is 0 Å². The maximum atomic E-state index is 13.3. The number of aromatic amines is 1. The van der Waals surface area contributed by atoms with E-state index in [1.807, 2.05) is 18.2 Å². The molecule has 3 nitrogen and oxygen atoms in total. The quantitative estimate of drug-likeness (QED) is 0.425. The number of hydrogen-bond donors (Lipinski definition) is 2. The Morgan fingerprint density at radius 3 is 2.54 bits per heavy atom. The van der Waals surface area contributed by atoms with Crippen molar-refractivity contribution in [1.82, 2.24) is 9.97 Å². The van der Waals surface area contributed by atoms with E-state index >= 15 is 0 Å². The van der Waals surface area contributed by atoms with Crippen LogP contribution in [0.5, 0.6) is 5.75 Å². The molecular weight excluding hydrogens is 365 g/mol. The highest BCUT2D eigenvalue weighted by Crippen LogP contribution is 2.41. The molecule has 0 spiro atoms. The molecule has 5 rings (SSSR count). The number of halogens is 3. The molecule has 28 heavy (non-hydrogen) atoms. The van der Waals surface area contributed by atoms with E-state index in [9.17, 15) is 18.3 Å². The SMILES string of the molecule is Oc1ccc(-c2[nH]c3ccc4nccc4c3c3c2CCCC3)cc1C(F)(F)F. The van der Waals surface area contributed by atoms with Crippen LogP contribution >= 0.6 is 0 Å². The zero-order valence-corrected chi connectivity index (χ0v) is 14.9. The van der Waals surface area contributed by atoms with Crippen LogP contribution in [0.25, 0.3) is 33.1 Å². The normalized spacial score (nSPS) is 14.5.